The molecule has 8 nitrogen and oxygen atoms in total. The molecule has 0 saturated carbocycles. The molecule has 0 radical (unpaired) electrons. The van der Waals surface area contributed by atoms with E-state index in [1.165, 1.54) is 45.4 Å². The predicted octanol–water partition coefficient (Wildman–Crippen LogP) is 2.43. The van der Waals surface area contributed by atoms with Gasteiger partial charge in [0, 0.05) is 11.3 Å². The molecule has 0 aliphatic heterocycles. The first-order valence-electron chi connectivity index (χ1n) is 8.65. The minimum absolute atomic E-state index is 0.0325. The Morgan fingerprint density at radius 1 is 1.00 bits per heavy atom. The number of nitrogens with one attached hydrogen (secondary N) is 1. The second-order valence-electron chi connectivity index (χ2n) is 6.31. The average molecular weight is 421 g/mol. The third kappa shape index (κ3) is 6.49. The number of anilines is 1. The van der Waals surface area contributed by atoms with Crippen LogP contribution in [0.5, 0.6) is 11.5 Å². The first-order chi connectivity index (χ1) is 13.6. The maximum absolute atomic E-state index is 12.5. The number of ketones is 1. The molecule has 2 aromatic rings. The number of rotatable bonds is 9. The zero-order valence-corrected chi connectivity index (χ0v) is 17.4. The van der Waals surface area contributed by atoms with Gasteiger partial charge in [-0.15, -0.1) is 0 Å². The van der Waals surface area contributed by atoms with Crippen molar-refractivity contribution in [1.29, 1.82) is 0 Å². The number of ether oxygens (including phenoxy) is 3. The lowest BCUT2D eigenvalue weighted by Crippen LogP contribution is -2.25. The molecule has 0 heterocycles. The number of carbonyl (C=O) groups excluding carboxylic acids is 2. The lowest BCUT2D eigenvalue weighted by molar-refractivity contribution is -0.145. The van der Waals surface area contributed by atoms with Crippen molar-refractivity contribution in [3.05, 3.63) is 53.6 Å². The van der Waals surface area contributed by atoms with Crippen LogP contribution in [0.15, 0.2) is 42.5 Å². The summed E-state index contributed by atoms with van der Waals surface area (Å²) in [6.07, 6.45) is 0.0117. The lowest BCUT2D eigenvalue weighted by Gasteiger charge is -2.14. The number of sulfonamides is 1. The molecule has 1 atom stereocenters. The van der Waals surface area contributed by atoms with E-state index < -0.39 is 27.9 Å². The van der Waals surface area contributed by atoms with E-state index in [4.69, 9.17) is 14.2 Å². The molecule has 0 saturated heterocycles. The zero-order chi connectivity index (χ0) is 21.6. The fourth-order valence-electron chi connectivity index (χ4n) is 2.60. The van der Waals surface area contributed by atoms with Gasteiger partial charge in [-0.05, 0) is 48.9 Å². The topological polar surface area (TPSA) is 108 Å². The van der Waals surface area contributed by atoms with Crippen molar-refractivity contribution in [2.75, 3.05) is 25.2 Å². The number of carbonyl (C=O) groups is 2. The van der Waals surface area contributed by atoms with Crippen molar-refractivity contribution >= 4 is 27.5 Å². The van der Waals surface area contributed by atoms with Gasteiger partial charge in [-0.3, -0.25) is 14.3 Å². The number of hydrogen-bond acceptors (Lipinski definition) is 7. The minimum Gasteiger partial charge on any atom is -0.493 e. The van der Waals surface area contributed by atoms with Crippen LogP contribution < -0.4 is 14.2 Å². The van der Waals surface area contributed by atoms with Crippen molar-refractivity contribution in [3.8, 4) is 11.5 Å². The van der Waals surface area contributed by atoms with Gasteiger partial charge in [0.15, 0.2) is 17.6 Å². The van der Waals surface area contributed by atoms with Crippen molar-refractivity contribution < 1.29 is 32.2 Å². The van der Waals surface area contributed by atoms with Crippen LogP contribution in [0, 0.1) is 0 Å². The van der Waals surface area contributed by atoms with E-state index in [1.54, 1.807) is 18.2 Å². The molecule has 2 rings (SSSR count). The smallest absolute Gasteiger partial charge is 0.310 e. The first-order valence-corrected chi connectivity index (χ1v) is 10.5. The van der Waals surface area contributed by atoms with E-state index >= 15 is 0 Å². The second-order valence-corrected chi connectivity index (χ2v) is 8.06. The summed E-state index contributed by atoms with van der Waals surface area (Å²) in [5.41, 5.74) is 1.29. The number of benzene rings is 2. The fraction of sp³-hybridized carbons (Fsp3) is 0.300. The zero-order valence-electron chi connectivity index (χ0n) is 16.6. The van der Waals surface area contributed by atoms with E-state index in [9.17, 15) is 18.0 Å². The molecular weight excluding hydrogens is 398 g/mol. The van der Waals surface area contributed by atoms with Crippen molar-refractivity contribution in [1.82, 2.24) is 0 Å². The molecule has 0 fully saturated rings. The Bertz CT molecular complexity index is 984. The van der Waals surface area contributed by atoms with Crippen LogP contribution in [0.3, 0.4) is 0 Å². The third-order valence-corrected chi connectivity index (χ3v) is 4.55. The number of methoxy groups -OCH3 is 2. The summed E-state index contributed by atoms with van der Waals surface area (Å²) in [6.45, 7) is 1.48. The van der Waals surface area contributed by atoms with E-state index in [0.717, 1.165) is 6.26 Å². The molecule has 29 heavy (non-hydrogen) atoms. The van der Waals surface area contributed by atoms with Crippen LogP contribution >= 0.6 is 0 Å². The fourth-order valence-corrected chi connectivity index (χ4v) is 3.17. The van der Waals surface area contributed by atoms with Gasteiger partial charge in [-0.2, -0.15) is 0 Å². The maximum Gasteiger partial charge on any atom is 0.310 e. The molecule has 0 aliphatic rings. The van der Waals surface area contributed by atoms with Gasteiger partial charge in [0.25, 0.3) is 0 Å². The van der Waals surface area contributed by atoms with Gasteiger partial charge in [0.2, 0.25) is 15.8 Å². The van der Waals surface area contributed by atoms with E-state index in [1.807, 2.05) is 0 Å². The summed E-state index contributed by atoms with van der Waals surface area (Å²) in [7, 11) is -0.389. The molecule has 0 bridgehead atoms. The number of Topliss-reactive ketones (excluding diaryl/α,β-unsaturated/α-hetero) is 1. The Morgan fingerprint density at radius 3 is 2.17 bits per heavy atom. The van der Waals surface area contributed by atoms with Crippen molar-refractivity contribution in [2.45, 2.75) is 19.4 Å². The highest BCUT2D eigenvalue weighted by atomic mass is 32.2. The molecule has 0 aliphatic carbocycles. The van der Waals surface area contributed by atoms with E-state index in [-0.39, 0.29) is 6.42 Å². The molecule has 2 aromatic carbocycles. The predicted molar refractivity (Wildman–Crippen MR) is 108 cm³/mol. The summed E-state index contributed by atoms with van der Waals surface area (Å²) in [5, 5.41) is 0. The van der Waals surface area contributed by atoms with Crippen LogP contribution in [-0.4, -0.2) is 46.7 Å². The largest absolute Gasteiger partial charge is 0.493 e. The van der Waals surface area contributed by atoms with E-state index in [2.05, 4.69) is 4.72 Å². The molecule has 9 heteroatoms. The minimum atomic E-state index is -3.40. The molecule has 0 amide bonds. The summed E-state index contributed by atoms with van der Waals surface area (Å²) >= 11 is 0. The Labute approximate surface area is 169 Å². The summed E-state index contributed by atoms with van der Waals surface area (Å²) in [4.78, 5) is 24.7. The van der Waals surface area contributed by atoms with Crippen LogP contribution in [0.25, 0.3) is 0 Å². The molecule has 156 valence electrons. The highest BCUT2D eigenvalue weighted by Crippen LogP contribution is 2.27. The second kappa shape index (κ2) is 9.42. The Balaban J connectivity index is 1.99. The Hall–Kier alpha value is -3.07. The van der Waals surface area contributed by atoms with Gasteiger partial charge in [0.1, 0.15) is 0 Å². The summed E-state index contributed by atoms with van der Waals surface area (Å²) in [5.74, 6) is 0.0803. The van der Waals surface area contributed by atoms with Crippen molar-refractivity contribution in [3.63, 3.8) is 0 Å². The molecule has 1 N–H and O–H groups in total. The first kappa shape index (κ1) is 22.2. The van der Waals surface area contributed by atoms with Crippen molar-refractivity contribution in [2.24, 2.45) is 0 Å². The summed E-state index contributed by atoms with van der Waals surface area (Å²) in [6, 6.07) is 10.9. The van der Waals surface area contributed by atoms with E-state index in [0.29, 0.717) is 28.3 Å². The van der Waals surface area contributed by atoms with Gasteiger partial charge >= 0.3 is 5.97 Å². The molecular formula is C20H23NO7S. The highest BCUT2D eigenvalue weighted by molar-refractivity contribution is 7.92. The third-order valence-electron chi connectivity index (χ3n) is 3.95. The number of esters is 1. The SMILES string of the molecule is COc1ccc(CC(=O)O[C@H](C)C(=O)c2ccc(NS(C)(=O)=O)cc2)cc1OC. The quantitative estimate of drug-likeness (QED) is 0.489. The normalized spacial score (nSPS) is 12.0. The molecule has 0 aromatic heterocycles. The van der Waals surface area contributed by atoms with Crippen LogP contribution in [0.2, 0.25) is 0 Å². The maximum atomic E-state index is 12.5. The highest BCUT2D eigenvalue weighted by Gasteiger charge is 2.20. The Kier molecular flexibility index (Phi) is 7.22. The van der Waals surface area contributed by atoms with Gasteiger partial charge in [-0.25, -0.2) is 8.42 Å². The van der Waals surface area contributed by atoms with Crippen LogP contribution in [0.4, 0.5) is 5.69 Å². The monoisotopic (exact) mass is 421 g/mol. The average Bonchev–Trinajstić information content (AvgIpc) is 2.66. The van der Waals surface area contributed by atoms with Gasteiger partial charge in [0.05, 0.1) is 26.9 Å². The van der Waals surface area contributed by atoms with Crippen LogP contribution in [0.1, 0.15) is 22.8 Å². The number of hydrogen-bond donors (Lipinski definition) is 1. The van der Waals surface area contributed by atoms with Crippen LogP contribution in [-0.2, 0) is 26.0 Å². The Morgan fingerprint density at radius 2 is 1.62 bits per heavy atom. The summed E-state index contributed by atoms with van der Waals surface area (Å²) < 4.78 is 40.4. The van der Waals surface area contributed by atoms with Gasteiger partial charge in [-0.1, -0.05) is 6.07 Å². The lowest BCUT2D eigenvalue weighted by atomic mass is 10.1. The molecule has 0 unspecified atom stereocenters. The van der Waals surface area contributed by atoms with Gasteiger partial charge < -0.3 is 14.2 Å². The standard InChI is InChI=1S/C20H23NO7S/c1-13(20(23)15-6-8-16(9-7-15)21-29(4,24)25)28-19(22)12-14-5-10-17(26-2)18(11-14)27-3/h5-11,13,21H,12H2,1-4H3/t13-/m1/s1. The molecule has 0 spiro atoms.